The molecule has 0 aromatic heterocycles. The summed E-state index contributed by atoms with van der Waals surface area (Å²) in [6.07, 6.45) is 7.22. The normalized spacial score (nSPS) is 16.5. The summed E-state index contributed by atoms with van der Waals surface area (Å²) in [7, 11) is 0. The fraction of sp³-hybridized carbons (Fsp3) is 0.875. The number of nitrogens with two attached hydrogens (primary N) is 1. The van der Waals surface area contributed by atoms with Crippen LogP contribution in [0.1, 0.15) is 65.7 Å². The van der Waals surface area contributed by atoms with Gasteiger partial charge in [-0.05, 0) is 33.1 Å². The van der Waals surface area contributed by atoms with Gasteiger partial charge in [0.2, 0.25) is 5.91 Å². The molecule has 0 spiro atoms. The Kier molecular flexibility index (Phi) is 6.99. The van der Waals surface area contributed by atoms with Crippen molar-refractivity contribution in [1.82, 2.24) is 4.90 Å². The minimum absolute atomic E-state index is 0.184. The van der Waals surface area contributed by atoms with E-state index in [9.17, 15) is 9.59 Å². The van der Waals surface area contributed by atoms with Crippen molar-refractivity contribution in [3.05, 3.63) is 0 Å². The van der Waals surface area contributed by atoms with Crippen LogP contribution in [0.15, 0.2) is 0 Å². The van der Waals surface area contributed by atoms with Crippen LogP contribution in [0.2, 0.25) is 0 Å². The maximum absolute atomic E-state index is 12.2. The Morgan fingerprint density at radius 1 is 1.14 bits per heavy atom. The van der Waals surface area contributed by atoms with E-state index in [1.165, 1.54) is 32.1 Å². The molecule has 0 radical (unpaired) electrons. The fourth-order valence-electron chi connectivity index (χ4n) is 2.68. The predicted octanol–water partition coefficient (Wildman–Crippen LogP) is 3.07. The second-order valence-corrected chi connectivity index (χ2v) is 6.98. The van der Waals surface area contributed by atoms with Gasteiger partial charge in [-0.2, -0.15) is 0 Å². The monoisotopic (exact) mass is 298 g/mol. The second-order valence-electron chi connectivity index (χ2n) is 6.98. The van der Waals surface area contributed by atoms with E-state index in [1.54, 1.807) is 4.90 Å². The first-order chi connectivity index (χ1) is 9.78. The Balaban J connectivity index is 2.49. The van der Waals surface area contributed by atoms with Gasteiger partial charge in [-0.1, -0.05) is 32.1 Å². The Morgan fingerprint density at radius 3 is 2.29 bits per heavy atom. The Hall–Kier alpha value is -1.26. The lowest BCUT2D eigenvalue weighted by Gasteiger charge is -2.29. The van der Waals surface area contributed by atoms with Crippen molar-refractivity contribution in [2.45, 2.75) is 71.3 Å². The molecule has 0 saturated heterocycles. The number of nitrogens with zero attached hydrogens (tertiary/aromatic N) is 1. The molecule has 1 fully saturated rings. The Morgan fingerprint density at radius 2 is 1.76 bits per heavy atom. The molecule has 0 atom stereocenters. The first kappa shape index (κ1) is 17.8. The van der Waals surface area contributed by atoms with Gasteiger partial charge in [-0.25, -0.2) is 4.79 Å². The zero-order valence-corrected chi connectivity index (χ0v) is 13.7. The van der Waals surface area contributed by atoms with Crippen LogP contribution in [0.4, 0.5) is 4.79 Å². The molecule has 2 amide bonds. The fourth-order valence-corrected chi connectivity index (χ4v) is 2.68. The van der Waals surface area contributed by atoms with E-state index in [-0.39, 0.29) is 18.4 Å². The van der Waals surface area contributed by atoms with Crippen molar-refractivity contribution in [1.29, 1.82) is 0 Å². The topological polar surface area (TPSA) is 72.6 Å². The van der Waals surface area contributed by atoms with Gasteiger partial charge in [-0.3, -0.25) is 4.79 Å². The van der Waals surface area contributed by atoms with Crippen molar-refractivity contribution in [3.8, 4) is 0 Å². The van der Waals surface area contributed by atoms with Gasteiger partial charge in [0.1, 0.15) is 5.60 Å². The molecule has 5 nitrogen and oxygen atoms in total. The molecule has 0 aliphatic heterocycles. The smallest absolute Gasteiger partial charge is 0.410 e. The van der Waals surface area contributed by atoms with E-state index in [2.05, 4.69) is 0 Å². The second kappa shape index (κ2) is 8.25. The molecule has 0 bridgehead atoms. The molecule has 1 aliphatic rings. The zero-order valence-electron chi connectivity index (χ0n) is 13.7. The summed E-state index contributed by atoms with van der Waals surface area (Å²) < 4.78 is 5.41. The van der Waals surface area contributed by atoms with E-state index in [0.717, 1.165) is 6.42 Å². The van der Waals surface area contributed by atoms with Crippen LogP contribution in [0, 0.1) is 5.92 Å². The predicted molar refractivity (Wildman–Crippen MR) is 82.8 cm³/mol. The summed E-state index contributed by atoms with van der Waals surface area (Å²) in [4.78, 5) is 24.8. The molecular formula is C16H30N2O3. The number of primary amides is 1. The van der Waals surface area contributed by atoms with Crippen molar-refractivity contribution in [2.75, 3.05) is 13.1 Å². The highest BCUT2D eigenvalue weighted by Crippen LogP contribution is 2.26. The number of carbonyl (C=O) groups is 2. The van der Waals surface area contributed by atoms with Crippen LogP contribution in [0.5, 0.6) is 0 Å². The van der Waals surface area contributed by atoms with E-state index in [4.69, 9.17) is 10.5 Å². The molecule has 122 valence electrons. The van der Waals surface area contributed by atoms with Crippen LogP contribution < -0.4 is 5.73 Å². The number of hydrogen-bond acceptors (Lipinski definition) is 3. The zero-order chi connectivity index (χ0) is 15.9. The highest BCUT2D eigenvalue weighted by Gasteiger charge is 2.23. The standard InChI is InChI=1S/C16H30N2O3/c1-16(2,3)21-15(20)18(12-10-14(17)19)11-9-13-7-5-4-6-8-13/h13H,4-12H2,1-3H3,(H2,17,19). The third kappa shape index (κ3) is 7.93. The van der Waals surface area contributed by atoms with Crippen LogP contribution in [-0.4, -0.2) is 35.6 Å². The van der Waals surface area contributed by atoms with Gasteiger partial charge in [0.25, 0.3) is 0 Å². The average Bonchev–Trinajstić information content (AvgIpc) is 2.37. The Labute approximate surface area is 128 Å². The molecule has 2 N–H and O–H groups in total. The van der Waals surface area contributed by atoms with E-state index >= 15 is 0 Å². The number of hydrogen-bond donors (Lipinski definition) is 1. The summed E-state index contributed by atoms with van der Waals surface area (Å²) in [6.45, 7) is 6.53. The van der Waals surface area contributed by atoms with Crippen molar-refractivity contribution < 1.29 is 14.3 Å². The third-order valence-electron chi connectivity index (χ3n) is 3.81. The van der Waals surface area contributed by atoms with Crippen molar-refractivity contribution >= 4 is 12.0 Å². The highest BCUT2D eigenvalue weighted by molar-refractivity contribution is 5.75. The van der Waals surface area contributed by atoms with E-state index in [1.807, 2.05) is 20.8 Å². The van der Waals surface area contributed by atoms with Gasteiger partial charge in [0.05, 0.1) is 0 Å². The summed E-state index contributed by atoms with van der Waals surface area (Å²) in [5, 5.41) is 0. The SMILES string of the molecule is CC(C)(C)OC(=O)N(CCC(N)=O)CCC1CCCCC1. The van der Waals surface area contributed by atoms with Gasteiger partial charge in [-0.15, -0.1) is 0 Å². The van der Waals surface area contributed by atoms with E-state index < -0.39 is 5.60 Å². The lowest BCUT2D eigenvalue weighted by atomic mass is 9.87. The molecule has 5 heteroatoms. The van der Waals surface area contributed by atoms with Crippen molar-refractivity contribution in [2.24, 2.45) is 11.7 Å². The van der Waals surface area contributed by atoms with Crippen LogP contribution in [-0.2, 0) is 9.53 Å². The maximum atomic E-state index is 12.2. The van der Waals surface area contributed by atoms with Gasteiger partial charge in [0, 0.05) is 19.5 Å². The molecule has 0 aromatic carbocycles. The van der Waals surface area contributed by atoms with Crippen LogP contribution >= 0.6 is 0 Å². The van der Waals surface area contributed by atoms with Gasteiger partial charge >= 0.3 is 6.09 Å². The lowest BCUT2D eigenvalue weighted by molar-refractivity contribution is -0.118. The molecular weight excluding hydrogens is 268 g/mol. The quantitative estimate of drug-likeness (QED) is 0.819. The molecule has 1 saturated carbocycles. The van der Waals surface area contributed by atoms with Gasteiger partial charge < -0.3 is 15.4 Å². The molecule has 1 rings (SSSR count). The highest BCUT2D eigenvalue weighted by atomic mass is 16.6. The molecule has 1 aliphatic carbocycles. The minimum atomic E-state index is -0.521. The first-order valence-corrected chi connectivity index (χ1v) is 8.04. The Bertz CT molecular complexity index is 344. The first-order valence-electron chi connectivity index (χ1n) is 8.04. The molecule has 0 heterocycles. The summed E-state index contributed by atoms with van der Waals surface area (Å²) in [5.41, 5.74) is 4.67. The van der Waals surface area contributed by atoms with Gasteiger partial charge in [0.15, 0.2) is 0 Å². The number of carbonyl (C=O) groups excluding carboxylic acids is 2. The minimum Gasteiger partial charge on any atom is -0.444 e. The summed E-state index contributed by atoms with van der Waals surface area (Å²) >= 11 is 0. The summed E-state index contributed by atoms with van der Waals surface area (Å²) in [5.74, 6) is 0.304. The molecule has 21 heavy (non-hydrogen) atoms. The van der Waals surface area contributed by atoms with Crippen LogP contribution in [0.25, 0.3) is 0 Å². The summed E-state index contributed by atoms with van der Waals surface area (Å²) in [6, 6.07) is 0. The largest absolute Gasteiger partial charge is 0.444 e. The number of rotatable bonds is 6. The molecule has 0 unspecified atom stereocenters. The number of amides is 2. The maximum Gasteiger partial charge on any atom is 0.410 e. The lowest BCUT2D eigenvalue weighted by Crippen LogP contribution is -2.39. The molecule has 0 aromatic rings. The van der Waals surface area contributed by atoms with Crippen molar-refractivity contribution in [3.63, 3.8) is 0 Å². The number of ether oxygens (including phenoxy) is 1. The average molecular weight is 298 g/mol. The van der Waals surface area contributed by atoms with E-state index in [0.29, 0.717) is 19.0 Å². The van der Waals surface area contributed by atoms with Crippen LogP contribution in [0.3, 0.4) is 0 Å². The third-order valence-corrected chi connectivity index (χ3v) is 3.81.